The molecule has 4 aromatic rings. The Morgan fingerprint density at radius 2 is 1.52 bits per heavy atom. The molecule has 27 heavy (non-hydrogen) atoms. The molecule has 0 saturated heterocycles. The molecule has 0 unspecified atom stereocenters. The quantitative estimate of drug-likeness (QED) is 0.382. The monoisotopic (exact) mass is 419 g/mol. The number of hydrogen-bond acceptors (Lipinski definition) is 2. The molecule has 4 rings (SSSR count). The number of carbonyl (C=O) groups excluding carboxylic acids is 1. The third-order valence-corrected chi connectivity index (χ3v) is 5.19. The van der Waals surface area contributed by atoms with Crippen LogP contribution < -0.4 is 0 Å². The highest BCUT2D eigenvalue weighted by Crippen LogP contribution is 2.28. The van der Waals surface area contributed by atoms with E-state index in [-0.39, 0.29) is 12.6 Å². The van der Waals surface area contributed by atoms with Crippen molar-refractivity contribution in [3.8, 4) is 0 Å². The van der Waals surface area contributed by atoms with Crippen molar-refractivity contribution in [2.24, 2.45) is 0 Å². The van der Waals surface area contributed by atoms with Crippen molar-refractivity contribution < 1.29 is 9.53 Å². The molecule has 3 nitrogen and oxygen atoms in total. The van der Waals surface area contributed by atoms with Crippen LogP contribution in [0.5, 0.6) is 0 Å². The fourth-order valence-electron chi connectivity index (χ4n) is 3.15. The highest BCUT2D eigenvalue weighted by molar-refractivity contribution is 9.10. The number of fused-ring (bicyclic) bond motifs is 1. The summed E-state index contributed by atoms with van der Waals surface area (Å²) in [5, 5.41) is 1.00. The standard InChI is InChI=1S/C23H18BrNO2/c24-20-12-7-13-21-19(20)14-22(25(21)15-17-8-3-1-4-9-17)23(26)27-16-18-10-5-2-6-11-18/h1-14H,15-16H2. The highest BCUT2D eigenvalue weighted by Gasteiger charge is 2.18. The van der Waals surface area contributed by atoms with E-state index in [1.807, 2.05) is 77.4 Å². The van der Waals surface area contributed by atoms with Crippen molar-refractivity contribution in [1.82, 2.24) is 4.57 Å². The van der Waals surface area contributed by atoms with Crippen molar-refractivity contribution in [2.75, 3.05) is 0 Å². The fraction of sp³-hybridized carbons (Fsp3) is 0.0870. The van der Waals surface area contributed by atoms with Crippen LogP contribution in [0.15, 0.2) is 89.4 Å². The minimum atomic E-state index is -0.321. The Balaban J connectivity index is 1.69. The predicted molar refractivity (Wildman–Crippen MR) is 111 cm³/mol. The van der Waals surface area contributed by atoms with Gasteiger partial charge in [0.05, 0.1) is 5.52 Å². The van der Waals surface area contributed by atoms with E-state index in [9.17, 15) is 4.79 Å². The first-order valence-corrected chi connectivity index (χ1v) is 9.54. The van der Waals surface area contributed by atoms with E-state index in [1.165, 1.54) is 0 Å². The molecule has 0 fully saturated rings. The molecule has 0 N–H and O–H groups in total. The first-order chi connectivity index (χ1) is 13.2. The molecule has 0 aliphatic rings. The Labute approximate surface area is 166 Å². The summed E-state index contributed by atoms with van der Waals surface area (Å²) < 4.78 is 8.57. The second-order valence-electron chi connectivity index (χ2n) is 6.34. The molecule has 0 aliphatic heterocycles. The molecule has 0 radical (unpaired) electrons. The smallest absolute Gasteiger partial charge is 0.355 e. The van der Waals surface area contributed by atoms with Gasteiger partial charge in [0.15, 0.2) is 0 Å². The lowest BCUT2D eigenvalue weighted by Gasteiger charge is -2.11. The van der Waals surface area contributed by atoms with Gasteiger partial charge in [-0.1, -0.05) is 82.7 Å². The number of halogens is 1. The van der Waals surface area contributed by atoms with Crippen LogP contribution in [0.3, 0.4) is 0 Å². The van der Waals surface area contributed by atoms with Gasteiger partial charge in [0.25, 0.3) is 0 Å². The average Bonchev–Trinajstić information content (AvgIpc) is 3.08. The van der Waals surface area contributed by atoms with Crippen LogP contribution in [0.4, 0.5) is 0 Å². The maximum atomic E-state index is 12.9. The number of nitrogens with zero attached hydrogens (tertiary/aromatic N) is 1. The molecular formula is C23H18BrNO2. The van der Waals surface area contributed by atoms with Gasteiger partial charge < -0.3 is 9.30 Å². The lowest BCUT2D eigenvalue weighted by atomic mass is 10.2. The van der Waals surface area contributed by atoms with Gasteiger partial charge in [-0.2, -0.15) is 0 Å². The van der Waals surface area contributed by atoms with E-state index in [0.29, 0.717) is 12.2 Å². The summed E-state index contributed by atoms with van der Waals surface area (Å²) >= 11 is 3.59. The molecule has 0 aliphatic carbocycles. The maximum absolute atomic E-state index is 12.9. The van der Waals surface area contributed by atoms with Crippen LogP contribution in [-0.4, -0.2) is 10.5 Å². The van der Waals surface area contributed by atoms with Gasteiger partial charge in [0.2, 0.25) is 0 Å². The Morgan fingerprint density at radius 1 is 0.852 bits per heavy atom. The summed E-state index contributed by atoms with van der Waals surface area (Å²) in [6, 6.07) is 27.7. The normalized spacial score (nSPS) is 10.9. The third-order valence-electron chi connectivity index (χ3n) is 4.50. The number of esters is 1. The van der Waals surface area contributed by atoms with Crippen LogP contribution in [0.1, 0.15) is 21.6 Å². The molecule has 0 atom stereocenters. The SMILES string of the molecule is O=C(OCc1ccccc1)c1cc2c(Br)cccc2n1Cc1ccccc1. The molecule has 1 aromatic heterocycles. The van der Waals surface area contributed by atoms with Crippen molar-refractivity contribution in [2.45, 2.75) is 13.2 Å². The number of hydrogen-bond donors (Lipinski definition) is 0. The summed E-state index contributed by atoms with van der Waals surface area (Å²) in [6.45, 7) is 0.865. The van der Waals surface area contributed by atoms with E-state index in [2.05, 4.69) is 28.1 Å². The zero-order valence-corrected chi connectivity index (χ0v) is 16.2. The van der Waals surface area contributed by atoms with Crippen LogP contribution in [-0.2, 0) is 17.9 Å². The van der Waals surface area contributed by atoms with Crippen molar-refractivity contribution >= 4 is 32.8 Å². The molecule has 0 amide bonds. The summed E-state index contributed by atoms with van der Waals surface area (Å²) in [4.78, 5) is 12.9. The summed E-state index contributed by atoms with van der Waals surface area (Å²) in [5.41, 5.74) is 3.65. The predicted octanol–water partition coefficient (Wildman–Crippen LogP) is 5.81. The summed E-state index contributed by atoms with van der Waals surface area (Å²) in [5.74, 6) is -0.321. The number of ether oxygens (including phenoxy) is 1. The van der Waals surface area contributed by atoms with Crippen LogP contribution in [0.2, 0.25) is 0 Å². The van der Waals surface area contributed by atoms with E-state index in [4.69, 9.17) is 4.74 Å². The molecular weight excluding hydrogens is 402 g/mol. The van der Waals surface area contributed by atoms with Gasteiger partial charge in [0.1, 0.15) is 12.3 Å². The zero-order valence-electron chi connectivity index (χ0n) is 14.6. The van der Waals surface area contributed by atoms with E-state index in [0.717, 1.165) is 26.5 Å². The molecule has 0 saturated carbocycles. The van der Waals surface area contributed by atoms with Gasteiger partial charge in [0, 0.05) is 16.4 Å². The third kappa shape index (κ3) is 3.81. The average molecular weight is 420 g/mol. The number of benzene rings is 3. The van der Waals surface area contributed by atoms with Gasteiger partial charge >= 0.3 is 5.97 Å². The first-order valence-electron chi connectivity index (χ1n) is 8.75. The second-order valence-corrected chi connectivity index (χ2v) is 7.19. The van der Waals surface area contributed by atoms with Crippen molar-refractivity contribution in [1.29, 1.82) is 0 Å². The Kier molecular flexibility index (Phi) is 5.07. The van der Waals surface area contributed by atoms with Crippen LogP contribution >= 0.6 is 15.9 Å². The summed E-state index contributed by atoms with van der Waals surface area (Å²) in [7, 11) is 0. The number of aromatic nitrogens is 1. The molecule has 4 heteroatoms. The largest absolute Gasteiger partial charge is 0.456 e. The molecule has 0 bridgehead atoms. The molecule has 3 aromatic carbocycles. The van der Waals surface area contributed by atoms with Gasteiger partial charge in [-0.15, -0.1) is 0 Å². The Bertz CT molecular complexity index is 1070. The fourth-order valence-corrected chi connectivity index (χ4v) is 3.62. The van der Waals surface area contributed by atoms with Gasteiger partial charge in [-0.3, -0.25) is 0 Å². The van der Waals surface area contributed by atoms with Gasteiger partial charge in [-0.25, -0.2) is 4.79 Å². The lowest BCUT2D eigenvalue weighted by Crippen LogP contribution is -2.13. The van der Waals surface area contributed by atoms with E-state index >= 15 is 0 Å². The molecule has 134 valence electrons. The number of carbonyl (C=O) groups is 1. The Morgan fingerprint density at radius 3 is 2.22 bits per heavy atom. The highest BCUT2D eigenvalue weighted by atomic mass is 79.9. The first kappa shape index (κ1) is 17.6. The van der Waals surface area contributed by atoms with Crippen molar-refractivity contribution in [3.05, 3.63) is 106 Å². The van der Waals surface area contributed by atoms with E-state index < -0.39 is 0 Å². The summed E-state index contributed by atoms with van der Waals surface area (Å²) in [6.07, 6.45) is 0. The zero-order chi connectivity index (χ0) is 18.6. The lowest BCUT2D eigenvalue weighted by molar-refractivity contribution is 0.0461. The maximum Gasteiger partial charge on any atom is 0.355 e. The van der Waals surface area contributed by atoms with Crippen molar-refractivity contribution in [3.63, 3.8) is 0 Å². The Hall–Kier alpha value is -2.85. The van der Waals surface area contributed by atoms with E-state index in [1.54, 1.807) is 0 Å². The minimum Gasteiger partial charge on any atom is -0.456 e. The second kappa shape index (κ2) is 7.80. The van der Waals surface area contributed by atoms with Crippen LogP contribution in [0.25, 0.3) is 10.9 Å². The molecule has 1 heterocycles. The molecule has 0 spiro atoms. The minimum absolute atomic E-state index is 0.258. The van der Waals surface area contributed by atoms with Gasteiger partial charge in [-0.05, 0) is 29.3 Å². The topological polar surface area (TPSA) is 31.2 Å². The van der Waals surface area contributed by atoms with Crippen LogP contribution in [0, 0.1) is 0 Å². The number of rotatable bonds is 5.